The van der Waals surface area contributed by atoms with E-state index >= 15 is 0 Å². The maximum absolute atomic E-state index is 5.45. The number of hydrogen-bond acceptors (Lipinski definition) is 3. The van der Waals surface area contributed by atoms with Crippen molar-refractivity contribution < 1.29 is 4.42 Å². The van der Waals surface area contributed by atoms with Gasteiger partial charge in [0.25, 0.3) is 0 Å². The maximum Gasteiger partial charge on any atom is 0.120 e. The second-order valence-electron chi connectivity index (χ2n) is 4.36. The van der Waals surface area contributed by atoms with Gasteiger partial charge >= 0.3 is 0 Å². The van der Waals surface area contributed by atoms with Crippen molar-refractivity contribution in [2.45, 2.75) is 31.8 Å². The number of furan rings is 1. The van der Waals surface area contributed by atoms with Crippen molar-refractivity contribution in [1.29, 1.82) is 0 Å². The number of piperidine rings is 1. The van der Waals surface area contributed by atoms with E-state index in [2.05, 4.69) is 30.3 Å². The molecule has 16 heavy (non-hydrogen) atoms. The first kappa shape index (κ1) is 13.6. The van der Waals surface area contributed by atoms with Crippen molar-refractivity contribution >= 4 is 12.4 Å². The standard InChI is InChI=1S/C12H20N2O.ClH/c1-10(12-6-4-8-15-12)14(2)11-5-3-7-13-9-11;/h4,6,8,10-11,13H,3,5,7,9H2,1-2H3;1H/t10?,11-;/m1./s1. The molecule has 1 aliphatic rings. The third kappa shape index (κ3) is 3.00. The van der Waals surface area contributed by atoms with Crippen LogP contribution in [-0.2, 0) is 0 Å². The predicted molar refractivity (Wildman–Crippen MR) is 68.0 cm³/mol. The molecule has 0 spiro atoms. The van der Waals surface area contributed by atoms with Crippen LogP contribution in [0.25, 0.3) is 0 Å². The minimum absolute atomic E-state index is 0. The summed E-state index contributed by atoms with van der Waals surface area (Å²) in [6.45, 7) is 4.47. The van der Waals surface area contributed by atoms with Gasteiger partial charge in [0.1, 0.15) is 5.76 Å². The second-order valence-corrected chi connectivity index (χ2v) is 4.36. The third-order valence-electron chi connectivity index (χ3n) is 3.41. The molecule has 1 unspecified atom stereocenters. The molecule has 92 valence electrons. The van der Waals surface area contributed by atoms with Gasteiger partial charge in [-0.15, -0.1) is 12.4 Å². The van der Waals surface area contributed by atoms with E-state index in [0.717, 1.165) is 12.3 Å². The Kier molecular flexibility index (Phi) is 5.32. The Bertz CT molecular complexity index is 283. The summed E-state index contributed by atoms with van der Waals surface area (Å²) in [5, 5.41) is 3.44. The minimum atomic E-state index is 0. The van der Waals surface area contributed by atoms with Gasteiger partial charge in [-0.1, -0.05) is 0 Å². The quantitative estimate of drug-likeness (QED) is 0.886. The lowest BCUT2D eigenvalue weighted by Gasteiger charge is -2.35. The lowest BCUT2D eigenvalue weighted by molar-refractivity contribution is 0.141. The molecule has 1 fully saturated rings. The summed E-state index contributed by atoms with van der Waals surface area (Å²) in [5.74, 6) is 1.06. The Labute approximate surface area is 104 Å². The number of hydrogen-bond donors (Lipinski definition) is 1. The zero-order valence-electron chi connectivity index (χ0n) is 9.98. The molecule has 3 nitrogen and oxygen atoms in total. The molecule has 4 heteroatoms. The first-order valence-electron chi connectivity index (χ1n) is 5.75. The molecule has 1 N–H and O–H groups in total. The average molecular weight is 245 g/mol. The lowest BCUT2D eigenvalue weighted by Crippen LogP contribution is -2.44. The fourth-order valence-electron chi connectivity index (χ4n) is 2.23. The highest BCUT2D eigenvalue weighted by molar-refractivity contribution is 5.85. The van der Waals surface area contributed by atoms with Crippen molar-refractivity contribution in [3.8, 4) is 0 Å². The van der Waals surface area contributed by atoms with Gasteiger partial charge in [0.05, 0.1) is 12.3 Å². The molecular formula is C12H21ClN2O. The van der Waals surface area contributed by atoms with Crippen molar-refractivity contribution in [3.05, 3.63) is 24.2 Å². The first-order chi connectivity index (χ1) is 7.29. The van der Waals surface area contributed by atoms with E-state index in [4.69, 9.17) is 4.42 Å². The molecule has 0 radical (unpaired) electrons. The Morgan fingerprint density at radius 3 is 2.94 bits per heavy atom. The molecule has 0 aromatic carbocycles. The van der Waals surface area contributed by atoms with Crippen LogP contribution in [0.5, 0.6) is 0 Å². The van der Waals surface area contributed by atoms with Crippen LogP contribution in [0.15, 0.2) is 22.8 Å². The summed E-state index contributed by atoms with van der Waals surface area (Å²) in [4.78, 5) is 2.41. The van der Waals surface area contributed by atoms with Crippen LogP contribution in [0, 0.1) is 0 Å². The fourth-order valence-corrected chi connectivity index (χ4v) is 2.23. The van der Waals surface area contributed by atoms with Gasteiger partial charge in [0.15, 0.2) is 0 Å². The summed E-state index contributed by atoms with van der Waals surface area (Å²) >= 11 is 0. The molecular weight excluding hydrogens is 224 g/mol. The molecule has 2 rings (SSSR count). The molecule has 1 saturated heterocycles. The molecule has 1 aromatic heterocycles. The first-order valence-corrected chi connectivity index (χ1v) is 5.75. The maximum atomic E-state index is 5.45. The molecule has 0 aliphatic carbocycles. The summed E-state index contributed by atoms with van der Waals surface area (Å²) in [6, 6.07) is 5.01. The van der Waals surface area contributed by atoms with Crippen LogP contribution in [-0.4, -0.2) is 31.1 Å². The number of nitrogens with zero attached hydrogens (tertiary/aromatic N) is 1. The molecule has 1 aliphatic heterocycles. The topological polar surface area (TPSA) is 28.4 Å². The Morgan fingerprint density at radius 1 is 1.56 bits per heavy atom. The molecule has 2 heterocycles. The smallest absolute Gasteiger partial charge is 0.120 e. The van der Waals surface area contributed by atoms with E-state index in [1.807, 2.05) is 6.07 Å². The van der Waals surface area contributed by atoms with Gasteiger partial charge in [-0.25, -0.2) is 0 Å². The van der Waals surface area contributed by atoms with Gasteiger partial charge in [0.2, 0.25) is 0 Å². The van der Waals surface area contributed by atoms with E-state index in [-0.39, 0.29) is 12.4 Å². The van der Waals surface area contributed by atoms with E-state index in [1.165, 1.54) is 19.4 Å². The summed E-state index contributed by atoms with van der Waals surface area (Å²) in [7, 11) is 2.19. The SMILES string of the molecule is CC(c1ccco1)N(C)[C@@H]1CCCNC1.Cl. The van der Waals surface area contributed by atoms with E-state index in [0.29, 0.717) is 12.1 Å². The molecule has 1 aromatic rings. The minimum Gasteiger partial charge on any atom is -0.468 e. The molecule has 0 saturated carbocycles. The van der Waals surface area contributed by atoms with Crippen LogP contribution in [0.4, 0.5) is 0 Å². The van der Waals surface area contributed by atoms with Crippen molar-refractivity contribution in [3.63, 3.8) is 0 Å². The van der Waals surface area contributed by atoms with Crippen molar-refractivity contribution in [1.82, 2.24) is 10.2 Å². The zero-order valence-corrected chi connectivity index (χ0v) is 10.8. The van der Waals surface area contributed by atoms with E-state index < -0.39 is 0 Å². The van der Waals surface area contributed by atoms with E-state index in [1.54, 1.807) is 6.26 Å². The van der Waals surface area contributed by atoms with E-state index in [9.17, 15) is 0 Å². The monoisotopic (exact) mass is 244 g/mol. The zero-order chi connectivity index (χ0) is 10.7. The van der Waals surface area contributed by atoms with Gasteiger partial charge in [0, 0.05) is 12.6 Å². The Balaban J connectivity index is 0.00000128. The number of halogens is 1. The highest BCUT2D eigenvalue weighted by Gasteiger charge is 2.23. The number of rotatable bonds is 3. The molecule has 0 amide bonds. The van der Waals surface area contributed by atoms with Crippen LogP contribution in [0.1, 0.15) is 31.6 Å². The highest BCUT2D eigenvalue weighted by Crippen LogP contribution is 2.23. The molecule has 0 bridgehead atoms. The van der Waals surface area contributed by atoms with Crippen molar-refractivity contribution in [2.75, 3.05) is 20.1 Å². The molecule has 2 atom stereocenters. The predicted octanol–water partition coefficient (Wildman–Crippen LogP) is 2.45. The summed E-state index contributed by atoms with van der Waals surface area (Å²) in [6.07, 6.45) is 4.31. The second kappa shape index (κ2) is 6.28. The van der Waals surface area contributed by atoms with Crippen molar-refractivity contribution in [2.24, 2.45) is 0 Å². The van der Waals surface area contributed by atoms with Gasteiger partial charge in [-0.2, -0.15) is 0 Å². The third-order valence-corrected chi connectivity index (χ3v) is 3.41. The number of likely N-dealkylation sites (N-methyl/N-ethyl adjacent to an activating group) is 1. The van der Waals surface area contributed by atoms with Crippen LogP contribution < -0.4 is 5.32 Å². The highest BCUT2D eigenvalue weighted by atomic mass is 35.5. The number of nitrogens with one attached hydrogen (secondary N) is 1. The van der Waals surface area contributed by atoms with Crippen LogP contribution in [0.2, 0.25) is 0 Å². The van der Waals surface area contributed by atoms with Crippen LogP contribution in [0.3, 0.4) is 0 Å². The van der Waals surface area contributed by atoms with Crippen LogP contribution >= 0.6 is 12.4 Å². The lowest BCUT2D eigenvalue weighted by atomic mass is 10.0. The largest absolute Gasteiger partial charge is 0.468 e. The summed E-state index contributed by atoms with van der Waals surface area (Å²) < 4.78 is 5.45. The van der Waals surface area contributed by atoms with Gasteiger partial charge < -0.3 is 9.73 Å². The average Bonchev–Trinajstić information content (AvgIpc) is 2.82. The Hall–Kier alpha value is -0.510. The normalized spacial score (nSPS) is 22.8. The fraction of sp³-hybridized carbons (Fsp3) is 0.667. The van der Waals surface area contributed by atoms with Gasteiger partial charge in [-0.05, 0) is 45.5 Å². The Morgan fingerprint density at radius 2 is 2.38 bits per heavy atom. The summed E-state index contributed by atoms with van der Waals surface area (Å²) in [5.41, 5.74) is 0. The van der Waals surface area contributed by atoms with Gasteiger partial charge in [-0.3, -0.25) is 4.90 Å².